The standard InChI is InChI=1S/C28H33N9S2/c1-19-17-21(29-25-11-12-26(38-25)36-13-3-4-14-36)7-9-23(19)31-30-22-8-10-24(20(2)18-22)32-33-27-34-35-28(39-27)37-15-5-6-16-37/h7-12,17-18,29-31H,3-6,13-16H2,1-2H3. The summed E-state index contributed by atoms with van der Waals surface area (Å²) in [7, 11) is 0. The molecule has 0 saturated carbocycles. The molecule has 2 saturated heterocycles. The van der Waals surface area contributed by atoms with Crippen molar-refractivity contribution < 1.29 is 0 Å². The van der Waals surface area contributed by atoms with E-state index in [0.717, 1.165) is 52.1 Å². The molecule has 2 aromatic carbocycles. The molecule has 0 spiro atoms. The first-order chi connectivity index (χ1) is 19.1. The Kier molecular flexibility index (Phi) is 7.60. The van der Waals surface area contributed by atoms with E-state index < -0.39 is 0 Å². The van der Waals surface area contributed by atoms with Crippen molar-refractivity contribution in [2.24, 2.45) is 10.2 Å². The highest BCUT2D eigenvalue weighted by Crippen LogP contribution is 2.35. The zero-order chi connectivity index (χ0) is 26.6. The number of hydrogen-bond donors (Lipinski definition) is 3. The van der Waals surface area contributed by atoms with Crippen LogP contribution in [0.25, 0.3) is 0 Å². The van der Waals surface area contributed by atoms with Crippen LogP contribution in [0, 0.1) is 13.8 Å². The molecule has 6 rings (SSSR count). The van der Waals surface area contributed by atoms with Crippen LogP contribution in [0.15, 0.2) is 58.8 Å². The Bertz CT molecular complexity index is 1450. The van der Waals surface area contributed by atoms with Crippen LogP contribution in [0.3, 0.4) is 0 Å². The van der Waals surface area contributed by atoms with Gasteiger partial charge < -0.3 is 26.0 Å². The first kappa shape index (κ1) is 25.6. The summed E-state index contributed by atoms with van der Waals surface area (Å²) in [5, 5.41) is 24.8. The van der Waals surface area contributed by atoms with E-state index in [-0.39, 0.29) is 0 Å². The molecule has 2 aliphatic heterocycles. The zero-order valence-electron chi connectivity index (χ0n) is 22.3. The van der Waals surface area contributed by atoms with E-state index in [9.17, 15) is 0 Å². The van der Waals surface area contributed by atoms with Crippen molar-refractivity contribution >= 4 is 65.7 Å². The molecular formula is C28H33N9S2. The molecule has 4 aromatic rings. The first-order valence-electron chi connectivity index (χ1n) is 13.5. The Morgan fingerprint density at radius 1 is 0.718 bits per heavy atom. The number of hydrazine groups is 1. The molecule has 202 valence electrons. The normalized spacial score (nSPS) is 15.4. The fourth-order valence-corrected chi connectivity index (χ4v) is 6.59. The summed E-state index contributed by atoms with van der Waals surface area (Å²) < 4.78 is 0. The van der Waals surface area contributed by atoms with E-state index >= 15 is 0 Å². The van der Waals surface area contributed by atoms with E-state index in [0.29, 0.717) is 5.13 Å². The van der Waals surface area contributed by atoms with Crippen molar-refractivity contribution in [1.29, 1.82) is 0 Å². The molecule has 0 bridgehead atoms. The summed E-state index contributed by atoms with van der Waals surface area (Å²) in [5.74, 6) is 0. The lowest BCUT2D eigenvalue weighted by Crippen LogP contribution is -2.17. The molecular weight excluding hydrogens is 527 g/mol. The minimum absolute atomic E-state index is 0.583. The molecule has 0 aliphatic carbocycles. The van der Waals surface area contributed by atoms with Gasteiger partial charge in [-0.2, -0.15) is 0 Å². The SMILES string of the molecule is Cc1cc(NNc2ccc(Nc3ccc(N4CCCC4)s3)cc2C)ccc1N=Nc1nnc(N2CCCC2)s1. The summed E-state index contributed by atoms with van der Waals surface area (Å²) in [6, 6.07) is 16.8. The Hall–Kier alpha value is -3.70. The number of thiophene rings is 1. The van der Waals surface area contributed by atoms with Crippen LogP contribution in [-0.2, 0) is 0 Å². The van der Waals surface area contributed by atoms with Gasteiger partial charge in [-0.25, -0.2) is 0 Å². The second-order valence-corrected chi connectivity index (χ2v) is 12.0. The van der Waals surface area contributed by atoms with Crippen molar-refractivity contribution in [1.82, 2.24) is 10.2 Å². The van der Waals surface area contributed by atoms with Crippen LogP contribution >= 0.6 is 22.7 Å². The topological polar surface area (TPSA) is 93.1 Å². The van der Waals surface area contributed by atoms with E-state index in [4.69, 9.17) is 0 Å². The maximum Gasteiger partial charge on any atom is 0.253 e. The summed E-state index contributed by atoms with van der Waals surface area (Å²) in [5.41, 5.74) is 12.7. The highest BCUT2D eigenvalue weighted by molar-refractivity contribution is 7.20. The second kappa shape index (κ2) is 11.6. The van der Waals surface area contributed by atoms with Gasteiger partial charge in [0.15, 0.2) is 0 Å². The molecule has 0 amide bonds. The molecule has 2 aliphatic rings. The third-order valence-corrected chi connectivity index (χ3v) is 9.00. The lowest BCUT2D eigenvalue weighted by atomic mass is 10.2. The van der Waals surface area contributed by atoms with E-state index in [2.05, 4.69) is 89.7 Å². The number of azo groups is 1. The number of rotatable bonds is 9. The highest BCUT2D eigenvalue weighted by atomic mass is 32.1. The average Bonchev–Trinajstić information content (AvgIpc) is 3.74. The number of nitrogens with zero attached hydrogens (tertiary/aromatic N) is 6. The quantitative estimate of drug-likeness (QED) is 0.141. The number of hydrogen-bond acceptors (Lipinski definition) is 11. The number of aryl methyl sites for hydroxylation is 2. The fraction of sp³-hybridized carbons (Fsp3) is 0.357. The van der Waals surface area contributed by atoms with Gasteiger partial charge in [0.2, 0.25) is 5.13 Å². The summed E-state index contributed by atoms with van der Waals surface area (Å²) in [4.78, 5) is 4.73. The maximum atomic E-state index is 4.41. The van der Waals surface area contributed by atoms with Gasteiger partial charge in [-0.15, -0.1) is 31.8 Å². The second-order valence-electron chi connectivity index (χ2n) is 10.00. The van der Waals surface area contributed by atoms with Crippen LogP contribution in [0.1, 0.15) is 36.8 Å². The number of aromatic nitrogens is 2. The van der Waals surface area contributed by atoms with Crippen LogP contribution in [0.5, 0.6) is 0 Å². The van der Waals surface area contributed by atoms with Crippen molar-refractivity contribution in [3.05, 3.63) is 59.7 Å². The Morgan fingerprint density at radius 2 is 1.46 bits per heavy atom. The van der Waals surface area contributed by atoms with Crippen molar-refractivity contribution in [3.8, 4) is 0 Å². The number of benzene rings is 2. The molecule has 2 fully saturated rings. The third kappa shape index (κ3) is 6.15. The Balaban J connectivity index is 1.04. The lowest BCUT2D eigenvalue weighted by Gasteiger charge is -2.15. The number of anilines is 6. The molecule has 9 nitrogen and oxygen atoms in total. The van der Waals surface area contributed by atoms with Crippen molar-refractivity contribution in [2.75, 3.05) is 52.1 Å². The van der Waals surface area contributed by atoms with Gasteiger partial charge in [-0.1, -0.05) is 11.3 Å². The summed E-state index contributed by atoms with van der Waals surface area (Å²) >= 11 is 3.31. The average molecular weight is 560 g/mol. The van der Waals surface area contributed by atoms with Gasteiger partial charge in [0.25, 0.3) is 5.13 Å². The molecule has 4 heterocycles. The lowest BCUT2D eigenvalue weighted by molar-refractivity contribution is 0.925. The summed E-state index contributed by atoms with van der Waals surface area (Å²) in [6.07, 6.45) is 5.01. The predicted molar refractivity (Wildman–Crippen MR) is 164 cm³/mol. The monoisotopic (exact) mass is 559 g/mol. The number of nitrogens with one attached hydrogen (secondary N) is 3. The predicted octanol–water partition coefficient (Wildman–Crippen LogP) is 8.01. The largest absolute Gasteiger partial charge is 0.363 e. The van der Waals surface area contributed by atoms with E-state index in [1.165, 1.54) is 60.1 Å². The third-order valence-electron chi connectivity index (χ3n) is 7.07. The molecule has 0 unspecified atom stereocenters. The Morgan fingerprint density at radius 3 is 2.23 bits per heavy atom. The van der Waals surface area contributed by atoms with Crippen molar-refractivity contribution in [2.45, 2.75) is 39.5 Å². The fourth-order valence-electron chi connectivity index (χ4n) is 4.89. The molecule has 0 radical (unpaired) electrons. The molecule has 2 aromatic heterocycles. The first-order valence-corrected chi connectivity index (χ1v) is 15.1. The van der Waals surface area contributed by atoms with Crippen LogP contribution in [0.4, 0.5) is 43.0 Å². The van der Waals surface area contributed by atoms with Gasteiger partial charge in [0.1, 0.15) is 0 Å². The van der Waals surface area contributed by atoms with Gasteiger partial charge in [0.05, 0.1) is 27.1 Å². The van der Waals surface area contributed by atoms with Crippen molar-refractivity contribution in [3.63, 3.8) is 0 Å². The van der Waals surface area contributed by atoms with E-state index in [1.807, 2.05) is 30.4 Å². The smallest absolute Gasteiger partial charge is 0.253 e. The zero-order valence-corrected chi connectivity index (χ0v) is 23.9. The molecule has 0 atom stereocenters. The molecule has 3 N–H and O–H groups in total. The summed E-state index contributed by atoms with van der Waals surface area (Å²) in [6.45, 7) is 8.56. The Labute approximate surface area is 237 Å². The van der Waals surface area contributed by atoms with Crippen LogP contribution in [-0.4, -0.2) is 36.4 Å². The van der Waals surface area contributed by atoms with Gasteiger partial charge >= 0.3 is 0 Å². The maximum absolute atomic E-state index is 4.41. The highest BCUT2D eigenvalue weighted by Gasteiger charge is 2.17. The van der Waals surface area contributed by atoms with Gasteiger partial charge in [-0.05, 0) is 99.2 Å². The van der Waals surface area contributed by atoms with Gasteiger partial charge in [-0.3, -0.25) is 0 Å². The van der Waals surface area contributed by atoms with E-state index in [1.54, 1.807) is 0 Å². The van der Waals surface area contributed by atoms with Gasteiger partial charge in [0, 0.05) is 31.9 Å². The minimum Gasteiger partial charge on any atom is -0.363 e. The molecule has 11 heteroatoms. The van der Waals surface area contributed by atoms with Crippen LogP contribution in [0.2, 0.25) is 0 Å². The molecule has 39 heavy (non-hydrogen) atoms. The minimum atomic E-state index is 0.583. The van der Waals surface area contributed by atoms with Crippen LogP contribution < -0.4 is 26.0 Å².